The molecule has 0 aliphatic rings. The molecule has 0 spiro atoms. The van der Waals surface area contributed by atoms with E-state index in [-0.39, 0.29) is 11.7 Å². The number of thiazole rings is 1. The summed E-state index contributed by atoms with van der Waals surface area (Å²) in [4.78, 5) is 31.9. The molecule has 192 valence electrons. The van der Waals surface area contributed by atoms with E-state index in [2.05, 4.69) is 9.88 Å². The number of aromatic nitrogens is 1. The van der Waals surface area contributed by atoms with Gasteiger partial charge < -0.3 is 9.64 Å². The van der Waals surface area contributed by atoms with E-state index in [1.807, 2.05) is 68.0 Å². The summed E-state index contributed by atoms with van der Waals surface area (Å²) in [5.74, 6) is -1.10. The number of rotatable bonds is 9. The van der Waals surface area contributed by atoms with Crippen molar-refractivity contribution in [3.63, 3.8) is 0 Å². The first-order valence-corrected chi connectivity index (χ1v) is 14.1. The van der Waals surface area contributed by atoms with Crippen molar-refractivity contribution in [3.05, 3.63) is 81.9 Å². The number of hydrogen-bond acceptors (Lipinski definition) is 8. The molecule has 3 rings (SSSR count). The van der Waals surface area contributed by atoms with Gasteiger partial charge in [-0.3, -0.25) is 4.79 Å². The molecule has 8 nitrogen and oxygen atoms in total. The zero-order valence-corrected chi connectivity index (χ0v) is 22.7. The largest absolute Gasteiger partial charge is 0.456 e. The van der Waals surface area contributed by atoms with Crippen LogP contribution in [0, 0.1) is 6.92 Å². The molecule has 1 heterocycles. The normalized spacial score (nSPS) is 11.7. The minimum atomic E-state index is -3.70. The van der Waals surface area contributed by atoms with Gasteiger partial charge in [0.1, 0.15) is 11.3 Å². The molecular formula is C26H31N3O5S2. The monoisotopic (exact) mass is 529 g/mol. The lowest BCUT2D eigenvalue weighted by atomic mass is 10.1. The fraction of sp³-hybridized carbons (Fsp3) is 0.346. The Morgan fingerprint density at radius 3 is 2.25 bits per heavy atom. The van der Waals surface area contributed by atoms with Crippen molar-refractivity contribution in [1.29, 1.82) is 0 Å². The highest BCUT2D eigenvalue weighted by molar-refractivity contribution is 7.89. The second kappa shape index (κ2) is 11.2. The van der Waals surface area contributed by atoms with Gasteiger partial charge in [-0.05, 0) is 57.4 Å². The van der Waals surface area contributed by atoms with Gasteiger partial charge in [-0.15, -0.1) is 11.3 Å². The number of anilines is 1. The van der Waals surface area contributed by atoms with Crippen LogP contribution in [-0.2, 0) is 27.7 Å². The lowest BCUT2D eigenvalue weighted by Crippen LogP contribution is -2.30. The summed E-state index contributed by atoms with van der Waals surface area (Å²) >= 11 is 1.34. The molecule has 0 bridgehead atoms. The Hall–Kier alpha value is -3.24. The van der Waals surface area contributed by atoms with Crippen molar-refractivity contribution in [1.82, 2.24) is 9.71 Å². The number of carbonyl (C=O) groups excluding carboxylic acids is 2. The number of amides is 1. The maximum atomic E-state index is 12.4. The average Bonchev–Trinajstić information content (AvgIpc) is 3.17. The molecule has 1 amide bonds. The Morgan fingerprint density at radius 2 is 1.67 bits per heavy atom. The Labute approximate surface area is 216 Å². The summed E-state index contributed by atoms with van der Waals surface area (Å²) < 4.78 is 30.4. The molecular weight excluding hydrogens is 498 g/mol. The summed E-state index contributed by atoms with van der Waals surface area (Å²) in [6.07, 6.45) is 1.61. The maximum absolute atomic E-state index is 12.4. The van der Waals surface area contributed by atoms with Crippen LogP contribution in [-0.4, -0.2) is 43.7 Å². The van der Waals surface area contributed by atoms with E-state index in [0.29, 0.717) is 35.1 Å². The van der Waals surface area contributed by atoms with Gasteiger partial charge in [0.2, 0.25) is 10.0 Å². The molecule has 10 heteroatoms. The summed E-state index contributed by atoms with van der Waals surface area (Å²) in [6, 6.07) is 17.2. The van der Waals surface area contributed by atoms with Crippen LogP contribution in [0.1, 0.15) is 57.6 Å². The molecule has 3 aromatic rings. The van der Waals surface area contributed by atoms with E-state index < -0.39 is 21.5 Å². The average molecular weight is 530 g/mol. The van der Waals surface area contributed by atoms with Crippen molar-refractivity contribution in [2.75, 3.05) is 17.7 Å². The number of sulfonamides is 1. The molecule has 1 aromatic heterocycles. The van der Waals surface area contributed by atoms with Crippen LogP contribution in [0.2, 0.25) is 0 Å². The first-order chi connectivity index (χ1) is 16.8. The Kier molecular flexibility index (Phi) is 8.52. The van der Waals surface area contributed by atoms with Crippen LogP contribution < -0.4 is 9.62 Å². The molecule has 0 fully saturated rings. The standard InChI is InChI=1S/C26H31N3O5S2/c1-18-22(23(30)28-36(5,32)33)27-25(35-18)29(17-20-9-7-6-8-10-20)16-15-19-11-13-21(14-12-19)24(31)34-26(2,3)4/h6-14H,15-17H2,1-5H3,(H,28,30). The molecule has 2 aromatic carbocycles. The third-order valence-electron chi connectivity index (χ3n) is 5.02. The minimum Gasteiger partial charge on any atom is -0.456 e. The number of benzene rings is 2. The molecule has 0 saturated heterocycles. The van der Waals surface area contributed by atoms with Crippen LogP contribution in [0.15, 0.2) is 54.6 Å². The lowest BCUT2D eigenvalue weighted by molar-refractivity contribution is 0.00693. The Balaban J connectivity index is 1.79. The number of ether oxygens (including phenoxy) is 1. The highest BCUT2D eigenvalue weighted by Crippen LogP contribution is 2.27. The Morgan fingerprint density at radius 1 is 1.03 bits per heavy atom. The zero-order valence-electron chi connectivity index (χ0n) is 21.1. The lowest BCUT2D eigenvalue weighted by Gasteiger charge is -2.22. The first kappa shape index (κ1) is 27.3. The SMILES string of the molecule is Cc1sc(N(CCc2ccc(C(=O)OC(C)(C)C)cc2)Cc2ccccc2)nc1C(=O)NS(C)(=O)=O. The number of nitrogens with zero attached hydrogens (tertiary/aromatic N) is 2. The summed E-state index contributed by atoms with van der Waals surface area (Å²) in [5, 5.41) is 0.625. The fourth-order valence-corrected chi connectivity index (χ4v) is 4.76. The smallest absolute Gasteiger partial charge is 0.338 e. The van der Waals surface area contributed by atoms with Gasteiger partial charge in [0.05, 0.1) is 11.8 Å². The first-order valence-electron chi connectivity index (χ1n) is 11.4. The molecule has 1 N–H and O–H groups in total. The molecule has 0 aliphatic heterocycles. The van der Waals surface area contributed by atoms with Crippen molar-refractivity contribution in [2.24, 2.45) is 0 Å². The van der Waals surface area contributed by atoms with Crippen molar-refractivity contribution < 1.29 is 22.7 Å². The minimum absolute atomic E-state index is 0.0974. The topological polar surface area (TPSA) is 106 Å². The summed E-state index contributed by atoms with van der Waals surface area (Å²) in [7, 11) is -3.70. The number of carbonyl (C=O) groups is 2. The second-order valence-electron chi connectivity index (χ2n) is 9.46. The molecule has 0 unspecified atom stereocenters. The molecule has 0 aliphatic carbocycles. The number of nitrogens with one attached hydrogen (secondary N) is 1. The van der Waals surface area contributed by atoms with Gasteiger partial charge in [0.25, 0.3) is 5.91 Å². The fourth-order valence-electron chi connectivity index (χ4n) is 3.40. The second-order valence-corrected chi connectivity index (χ2v) is 12.4. The quantitative estimate of drug-likeness (QED) is 0.411. The van der Waals surface area contributed by atoms with Crippen LogP contribution in [0.4, 0.5) is 5.13 Å². The number of aryl methyl sites for hydroxylation is 1. The van der Waals surface area contributed by atoms with Gasteiger partial charge in [-0.25, -0.2) is 22.9 Å². The van der Waals surface area contributed by atoms with Crippen LogP contribution in [0.5, 0.6) is 0 Å². The van der Waals surface area contributed by atoms with E-state index in [0.717, 1.165) is 17.4 Å². The summed E-state index contributed by atoms with van der Waals surface area (Å²) in [5.41, 5.74) is 2.14. The summed E-state index contributed by atoms with van der Waals surface area (Å²) in [6.45, 7) is 8.40. The van der Waals surface area contributed by atoms with Crippen molar-refractivity contribution >= 4 is 38.4 Å². The number of hydrogen-bond donors (Lipinski definition) is 1. The Bertz CT molecular complexity index is 1310. The van der Waals surface area contributed by atoms with E-state index in [4.69, 9.17) is 4.74 Å². The van der Waals surface area contributed by atoms with Crippen molar-refractivity contribution in [3.8, 4) is 0 Å². The third-order valence-corrected chi connectivity index (χ3v) is 6.61. The van der Waals surface area contributed by atoms with Gasteiger partial charge in [0, 0.05) is 18.0 Å². The van der Waals surface area contributed by atoms with Crippen LogP contribution in [0.25, 0.3) is 0 Å². The number of esters is 1. The highest BCUT2D eigenvalue weighted by Gasteiger charge is 2.22. The molecule has 0 atom stereocenters. The highest BCUT2D eigenvalue weighted by atomic mass is 32.2. The van der Waals surface area contributed by atoms with Gasteiger partial charge in [0.15, 0.2) is 5.13 Å². The van der Waals surface area contributed by atoms with Crippen molar-refractivity contribution in [2.45, 2.75) is 46.3 Å². The molecule has 36 heavy (non-hydrogen) atoms. The molecule has 0 radical (unpaired) electrons. The van der Waals surface area contributed by atoms with Gasteiger partial charge in [-0.2, -0.15) is 0 Å². The zero-order chi connectivity index (χ0) is 26.5. The van der Waals surface area contributed by atoms with Crippen LogP contribution >= 0.6 is 11.3 Å². The van der Waals surface area contributed by atoms with E-state index in [1.165, 1.54) is 11.3 Å². The van der Waals surface area contributed by atoms with Gasteiger partial charge in [-0.1, -0.05) is 42.5 Å². The third kappa shape index (κ3) is 8.17. The maximum Gasteiger partial charge on any atom is 0.338 e. The predicted molar refractivity (Wildman–Crippen MR) is 142 cm³/mol. The van der Waals surface area contributed by atoms with E-state index >= 15 is 0 Å². The van der Waals surface area contributed by atoms with E-state index in [9.17, 15) is 18.0 Å². The van der Waals surface area contributed by atoms with Gasteiger partial charge >= 0.3 is 5.97 Å². The predicted octanol–water partition coefficient (Wildman–Crippen LogP) is 4.35. The van der Waals surface area contributed by atoms with E-state index in [1.54, 1.807) is 19.1 Å². The molecule has 0 saturated carbocycles. The van der Waals surface area contributed by atoms with Crippen LogP contribution in [0.3, 0.4) is 0 Å².